The zero-order valence-electron chi connectivity index (χ0n) is 12.4. The lowest BCUT2D eigenvalue weighted by Crippen LogP contribution is -2.54. The van der Waals surface area contributed by atoms with Gasteiger partial charge in [-0.25, -0.2) is 0 Å². The first kappa shape index (κ1) is 14.5. The highest BCUT2D eigenvalue weighted by Crippen LogP contribution is 2.18. The van der Waals surface area contributed by atoms with Crippen molar-refractivity contribution in [1.29, 1.82) is 0 Å². The maximum Gasteiger partial charge on any atom is 0.240 e. The highest BCUT2D eigenvalue weighted by molar-refractivity contribution is 5.82. The predicted octanol–water partition coefficient (Wildman–Crippen LogP) is 0.575. The second kappa shape index (κ2) is 6.56. The quantitative estimate of drug-likeness (QED) is 0.884. The number of carbonyl (C=O) groups excluding carboxylic acids is 1. The molecule has 1 fully saturated rings. The topological polar surface area (TPSA) is 50.8 Å². The molecular weight excluding hydrogens is 268 g/mol. The third kappa shape index (κ3) is 3.26. The lowest BCUT2D eigenvalue weighted by atomic mass is 9.95. The Labute approximate surface area is 125 Å². The molecule has 2 aliphatic rings. The largest absolute Gasteiger partial charge is 0.382 e. The molecule has 0 aromatic heterocycles. The summed E-state index contributed by atoms with van der Waals surface area (Å²) in [5.41, 5.74) is 2.57. The van der Waals surface area contributed by atoms with E-state index >= 15 is 0 Å². The van der Waals surface area contributed by atoms with Gasteiger partial charge in [-0.1, -0.05) is 24.3 Å². The van der Waals surface area contributed by atoms with Crippen molar-refractivity contribution in [3.05, 3.63) is 35.4 Å². The molecule has 0 unspecified atom stereocenters. The van der Waals surface area contributed by atoms with Crippen LogP contribution in [0.3, 0.4) is 0 Å². The third-order valence-corrected chi connectivity index (χ3v) is 4.18. The van der Waals surface area contributed by atoms with Gasteiger partial charge in [0.25, 0.3) is 0 Å². The van der Waals surface area contributed by atoms with E-state index in [1.165, 1.54) is 11.1 Å². The number of benzene rings is 1. The average molecular weight is 290 g/mol. The summed E-state index contributed by atoms with van der Waals surface area (Å²) in [6.07, 6.45) is 0.755. The van der Waals surface area contributed by atoms with E-state index in [4.69, 9.17) is 9.47 Å². The normalized spacial score (nSPS) is 25.5. The van der Waals surface area contributed by atoms with E-state index in [0.29, 0.717) is 26.3 Å². The first-order valence-corrected chi connectivity index (χ1v) is 7.47. The van der Waals surface area contributed by atoms with Crippen LogP contribution >= 0.6 is 0 Å². The zero-order valence-corrected chi connectivity index (χ0v) is 12.4. The Morgan fingerprint density at radius 2 is 2.24 bits per heavy atom. The summed E-state index contributed by atoms with van der Waals surface area (Å²) in [6, 6.07) is 8.19. The van der Waals surface area contributed by atoms with Crippen molar-refractivity contribution in [3.63, 3.8) is 0 Å². The molecule has 114 valence electrons. The molecule has 0 bridgehead atoms. The summed E-state index contributed by atoms with van der Waals surface area (Å²) in [6.45, 7) is 3.16. The molecule has 0 radical (unpaired) electrons. The van der Waals surface area contributed by atoms with E-state index in [-0.39, 0.29) is 18.1 Å². The maximum absolute atomic E-state index is 12.7. The van der Waals surface area contributed by atoms with Gasteiger partial charge in [0, 0.05) is 26.7 Å². The van der Waals surface area contributed by atoms with Crippen molar-refractivity contribution in [2.24, 2.45) is 0 Å². The zero-order chi connectivity index (χ0) is 14.7. The summed E-state index contributed by atoms with van der Waals surface area (Å²) in [7, 11) is 1.66. The molecular formula is C16H22N2O3. The number of nitrogens with one attached hydrogen (secondary N) is 1. The number of morpholine rings is 1. The van der Waals surface area contributed by atoms with Crippen LogP contribution in [0.5, 0.6) is 0 Å². The van der Waals surface area contributed by atoms with Crippen molar-refractivity contribution in [2.75, 3.05) is 33.4 Å². The second-order valence-corrected chi connectivity index (χ2v) is 5.64. The van der Waals surface area contributed by atoms with E-state index in [2.05, 4.69) is 17.4 Å². The third-order valence-electron chi connectivity index (χ3n) is 4.18. The van der Waals surface area contributed by atoms with Crippen LogP contribution in [0.2, 0.25) is 0 Å². The van der Waals surface area contributed by atoms with Gasteiger partial charge >= 0.3 is 0 Å². The van der Waals surface area contributed by atoms with Gasteiger partial charge in [0.1, 0.15) is 0 Å². The van der Waals surface area contributed by atoms with Gasteiger partial charge in [0.2, 0.25) is 5.91 Å². The number of hydrogen-bond acceptors (Lipinski definition) is 4. The summed E-state index contributed by atoms with van der Waals surface area (Å²) in [4.78, 5) is 14.6. The standard InChI is InChI=1S/C16H22N2O3/c1-20-11-14-10-18(6-7-21-14)16(19)15-8-12-4-2-3-5-13(12)9-17-15/h2-5,14-15,17H,6-11H2,1H3/t14-,15+/m0/s1. The van der Waals surface area contributed by atoms with Crippen LogP contribution in [0.4, 0.5) is 0 Å². The Kier molecular flexibility index (Phi) is 4.53. The minimum absolute atomic E-state index is 0.0106. The first-order chi connectivity index (χ1) is 10.3. The van der Waals surface area contributed by atoms with Crippen LogP contribution in [0.15, 0.2) is 24.3 Å². The van der Waals surface area contributed by atoms with Crippen LogP contribution in [0, 0.1) is 0 Å². The Hall–Kier alpha value is -1.43. The molecule has 2 atom stereocenters. The highest BCUT2D eigenvalue weighted by Gasteiger charge is 2.31. The molecule has 1 aromatic carbocycles. The summed E-state index contributed by atoms with van der Waals surface area (Å²) >= 11 is 0. The Morgan fingerprint density at radius 1 is 1.43 bits per heavy atom. The Morgan fingerprint density at radius 3 is 3.05 bits per heavy atom. The molecule has 21 heavy (non-hydrogen) atoms. The second-order valence-electron chi connectivity index (χ2n) is 5.64. The number of nitrogens with zero attached hydrogens (tertiary/aromatic N) is 1. The number of hydrogen-bond donors (Lipinski definition) is 1. The molecule has 2 heterocycles. The minimum atomic E-state index is -0.124. The van der Waals surface area contributed by atoms with E-state index in [9.17, 15) is 4.79 Å². The summed E-state index contributed by atoms with van der Waals surface area (Å²) in [5, 5.41) is 3.36. The number of rotatable bonds is 3. The van der Waals surface area contributed by atoms with Crippen molar-refractivity contribution in [1.82, 2.24) is 10.2 Å². The fraction of sp³-hybridized carbons (Fsp3) is 0.562. The van der Waals surface area contributed by atoms with E-state index in [1.807, 2.05) is 17.0 Å². The number of fused-ring (bicyclic) bond motifs is 1. The van der Waals surface area contributed by atoms with Crippen LogP contribution in [0.25, 0.3) is 0 Å². The van der Waals surface area contributed by atoms with Gasteiger partial charge in [-0.05, 0) is 17.5 Å². The molecule has 5 heteroatoms. The first-order valence-electron chi connectivity index (χ1n) is 7.47. The molecule has 1 aromatic rings. The van der Waals surface area contributed by atoms with Crippen molar-refractivity contribution in [3.8, 4) is 0 Å². The molecule has 0 aliphatic carbocycles. The Bertz CT molecular complexity index is 504. The lowest BCUT2D eigenvalue weighted by molar-refractivity contribution is -0.143. The lowest BCUT2D eigenvalue weighted by Gasteiger charge is -2.36. The van der Waals surface area contributed by atoms with Crippen LogP contribution < -0.4 is 5.32 Å². The van der Waals surface area contributed by atoms with Gasteiger partial charge in [-0.2, -0.15) is 0 Å². The van der Waals surface area contributed by atoms with E-state index in [1.54, 1.807) is 7.11 Å². The molecule has 1 amide bonds. The minimum Gasteiger partial charge on any atom is -0.382 e. The van der Waals surface area contributed by atoms with Crippen molar-refractivity contribution in [2.45, 2.75) is 25.1 Å². The molecule has 3 rings (SSSR count). The summed E-state index contributed by atoms with van der Waals surface area (Å²) in [5.74, 6) is 0.175. The molecule has 1 saturated heterocycles. The maximum atomic E-state index is 12.7. The van der Waals surface area contributed by atoms with Crippen LogP contribution in [0.1, 0.15) is 11.1 Å². The van der Waals surface area contributed by atoms with Crippen LogP contribution in [-0.4, -0.2) is 56.4 Å². The van der Waals surface area contributed by atoms with Gasteiger partial charge < -0.3 is 19.7 Å². The molecule has 0 spiro atoms. The van der Waals surface area contributed by atoms with Crippen LogP contribution in [-0.2, 0) is 27.2 Å². The highest BCUT2D eigenvalue weighted by atomic mass is 16.5. The number of ether oxygens (including phenoxy) is 2. The predicted molar refractivity (Wildman–Crippen MR) is 79.0 cm³/mol. The number of carbonyl (C=O) groups is 1. The van der Waals surface area contributed by atoms with Crippen molar-refractivity contribution >= 4 is 5.91 Å². The smallest absolute Gasteiger partial charge is 0.240 e. The fourth-order valence-electron chi connectivity index (χ4n) is 3.06. The summed E-state index contributed by atoms with van der Waals surface area (Å²) < 4.78 is 10.7. The average Bonchev–Trinajstić information content (AvgIpc) is 2.54. The van der Waals surface area contributed by atoms with Gasteiger partial charge in [-0.3, -0.25) is 4.79 Å². The fourth-order valence-corrected chi connectivity index (χ4v) is 3.06. The SMILES string of the molecule is COC[C@@H]1CN(C(=O)[C@H]2Cc3ccccc3CN2)CCO1. The van der Waals surface area contributed by atoms with E-state index in [0.717, 1.165) is 13.0 Å². The molecule has 1 N–H and O–H groups in total. The number of amides is 1. The monoisotopic (exact) mass is 290 g/mol. The van der Waals surface area contributed by atoms with E-state index < -0.39 is 0 Å². The molecule has 0 saturated carbocycles. The molecule has 5 nitrogen and oxygen atoms in total. The van der Waals surface area contributed by atoms with Gasteiger partial charge in [0.15, 0.2) is 0 Å². The van der Waals surface area contributed by atoms with Gasteiger partial charge in [-0.15, -0.1) is 0 Å². The number of methoxy groups -OCH3 is 1. The van der Waals surface area contributed by atoms with Crippen molar-refractivity contribution < 1.29 is 14.3 Å². The Balaban J connectivity index is 1.63. The molecule has 2 aliphatic heterocycles. The van der Waals surface area contributed by atoms with Gasteiger partial charge in [0.05, 0.1) is 25.4 Å².